The predicted molar refractivity (Wildman–Crippen MR) is 59.2 cm³/mol. The van der Waals surface area contributed by atoms with Crippen LogP contribution in [0.4, 0.5) is 0 Å². The van der Waals surface area contributed by atoms with Crippen molar-refractivity contribution in [2.75, 3.05) is 0 Å². The topological polar surface area (TPSA) is 119 Å². The van der Waals surface area contributed by atoms with Gasteiger partial charge in [-0.25, -0.2) is 4.79 Å². The molecule has 8 heteroatoms. The average Bonchev–Trinajstić information content (AvgIpc) is 2.34. The van der Waals surface area contributed by atoms with Crippen molar-refractivity contribution in [1.82, 2.24) is 0 Å². The van der Waals surface area contributed by atoms with Crippen molar-refractivity contribution in [3.05, 3.63) is 12.1 Å². The minimum absolute atomic E-state index is 0.187. The molecule has 0 spiro atoms. The molecule has 0 saturated carbocycles. The lowest BCUT2D eigenvalue weighted by molar-refractivity contribution is -0.170. The first-order chi connectivity index (χ1) is 9.39. The minimum Gasteiger partial charge on any atom is -0.504 e. The van der Waals surface area contributed by atoms with Crippen LogP contribution in [0.2, 0.25) is 0 Å². The molecule has 1 aromatic rings. The molecule has 0 amide bonds. The maximum atomic E-state index is 11.9. The average molecular weight is 280 g/mol. The number of aromatic hydroxyl groups is 1. The SMILES string of the molecule is O=C1CC2(O)CC(=O)Oc3c(O)ccc(c3OC2=O)O1. The number of esters is 3. The maximum Gasteiger partial charge on any atom is 0.345 e. The third-order valence-corrected chi connectivity index (χ3v) is 2.94. The van der Waals surface area contributed by atoms with Crippen LogP contribution in [-0.4, -0.2) is 33.7 Å². The second kappa shape index (κ2) is 3.94. The first-order valence-corrected chi connectivity index (χ1v) is 5.61. The maximum absolute atomic E-state index is 11.9. The van der Waals surface area contributed by atoms with Crippen LogP contribution >= 0.6 is 0 Å². The molecule has 2 N–H and O–H groups in total. The number of phenols is 1. The fourth-order valence-corrected chi connectivity index (χ4v) is 1.99. The molecule has 2 aliphatic heterocycles. The lowest BCUT2D eigenvalue weighted by Gasteiger charge is -2.29. The first kappa shape index (κ1) is 12.4. The number of ether oxygens (including phenoxy) is 3. The highest BCUT2D eigenvalue weighted by Crippen LogP contribution is 2.47. The summed E-state index contributed by atoms with van der Waals surface area (Å²) in [5, 5.41) is 19.7. The summed E-state index contributed by atoms with van der Waals surface area (Å²) in [6.07, 6.45) is -1.53. The van der Waals surface area contributed by atoms with E-state index < -0.39 is 53.6 Å². The van der Waals surface area contributed by atoms with E-state index in [0.717, 1.165) is 6.07 Å². The molecule has 0 aromatic heterocycles. The highest BCUT2D eigenvalue weighted by atomic mass is 16.6. The van der Waals surface area contributed by atoms with Crippen LogP contribution in [0.3, 0.4) is 0 Å². The van der Waals surface area contributed by atoms with Gasteiger partial charge in [-0.2, -0.15) is 0 Å². The highest BCUT2D eigenvalue weighted by Gasteiger charge is 2.48. The Morgan fingerprint density at radius 2 is 1.60 bits per heavy atom. The summed E-state index contributed by atoms with van der Waals surface area (Å²) in [4.78, 5) is 35.2. The zero-order chi connectivity index (χ0) is 14.5. The van der Waals surface area contributed by atoms with Crippen LogP contribution in [0.5, 0.6) is 23.0 Å². The Morgan fingerprint density at radius 1 is 0.950 bits per heavy atom. The fraction of sp³-hybridized carbons (Fsp3) is 0.250. The van der Waals surface area contributed by atoms with Crippen LogP contribution in [0.1, 0.15) is 12.8 Å². The summed E-state index contributed by atoms with van der Waals surface area (Å²) in [7, 11) is 0. The zero-order valence-electron chi connectivity index (χ0n) is 9.91. The molecule has 20 heavy (non-hydrogen) atoms. The van der Waals surface area contributed by atoms with E-state index in [0.29, 0.717) is 0 Å². The van der Waals surface area contributed by atoms with Gasteiger partial charge in [0.1, 0.15) is 0 Å². The number of carbonyl (C=O) groups excluding carboxylic acids is 3. The smallest absolute Gasteiger partial charge is 0.345 e. The number of benzene rings is 1. The molecule has 0 radical (unpaired) electrons. The van der Waals surface area contributed by atoms with Gasteiger partial charge in [-0.15, -0.1) is 0 Å². The van der Waals surface area contributed by atoms with Crippen molar-refractivity contribution in [1.29, 1.82) is 0 Å². The number of fused-ring (bicyclic) bond motifs is 2. The van der Waals surface area contributed by atoms with Crippen molar-refractivity contribution >= 4 is 17.9 Å². The molecule has 1 aromatic carbocycles. The van der Waals surface area contributed by atoms with E-state index >= 15 is 0 Å². The quantitative estimate of drug-likeness (QED) is 0.488. The molecular weight excluding hydrogens is 272 g/mol. The molecule has 2 aliphatic rings. The van der Waals surface area contributed by atoms with Gasteiger partial charge in [0.2, 0.25) is 11.5 Å². The van der Waals surface area contributed by atoms with Crippen LogP contribution in [0.15, 0.2) is 12.1 Å². The van der Waals surface area contributed by atoms with E-state index in [2.05, 4.69) is 0 Å². The number of rotatable bonds is 0. The van der Waals surface area contributed by atoms with Crippen molar-refractivity contribution in [3.8, 4) is 23.0 Å². The second-order valence-corrected chi connectivity index (χ2v) is 4.46. The Bertz CT molecular complexity index is 649. The van der Waals surface area contributed by atoms with Gasteiger partial charge in [-0.3, -0.25) is 9.59 Å². The van der Waals surface area contributed by atoms with Crippen molar-refractivity contribution < 1.29 is 38.8 Å². The van der Waals surface area contributed by atoms with Crippen molar-refractivity contribution in [2.24, 2.45) is 0 Å². The molecule has 3 rings (SSSR count). The van der Waals surface area contributed by atoms with Crippen molar-refractivity contribution in [2.45, 2.75) is 18.4 Å². The van der Waals surface area contributed by atoms with Gasteiger partial charge in [0.05, 0.1) is 12.8 Å². The number of aliphatic hydroxyl groups is 1. The van der Waals surface area contributed by atoms with E-state index in [1.807, 2.05) is 0 Å². The Labute approximate surface area is 111 Å². The highest BCUT2D eigenvalue weighted by molar-refractivity contribution is 5.95. The largest absolute Gasteiger partial charge is 0.504 e. The predicted octanol–water partition coefficient (Wildman–Crippen LogP) is -0.353. The summed E-state index contributed by atoms with van der Waals surface area (Å²) < 4.78 is 14.7. The van der Waals surface area contributed by atoms with E-state index in [4.69, 9.17) is 14.2 Å². The first-order valence-electron chi connectivity index (χ1n) is 5.61. The van der Waals surface area contributed by atoms with Crippen LogP contribution in [0.25, 0.3) is 0 Å². The van der Waals surface area contributed by atoms with E-state index in [1.54, 1.807) is 0 Å². The zero-order valence-corrected chi connectivity index (χ0v) is 9.91. The van der Waals surface area contributed by atoms with Gasteiger partial charge < -0.3 is 24.4 Å². The molecular formula is C12H8O8. The Balaban J connectivity index is 2.27. The van der Waals surface area contributed by atoms with Gasteiger partial charge in [0, 0.05) is 0 Å². The molecule has 1 unspecified atom stereocenters. The lowest BCUT2D eigenvalue weighted by atomic mass is 9.95. The minimum atomic E-state index is -2.35. The van der Waals surface area contributed by atoms with E-state index in [9.17, 15) is 24.6 Å². The summed E-state index contributed by atoms with van der Waals surface area (Å²) >= 11 is 0. The third kappa shape index (κ3) is 1.77. The van der Waals surface area contributed by atoms with Gasteiger partial charge in [0.15, 0.2) is 17.1 Å². The van der Waals surface area contributed by atoms with Crippen LogP contribution < -0.4 is 14.2 Å². The molecule has 2 bridgehead atoms. The second-order valence-electron chi connectivity index (χ2n) is 4.46. The van der Waals surface area contributed by atoms with Gasteiger partial charge in [-0.1, -0.05) is 0 Å². The van der Waals surface area contributed by atoms with Crippen LogP contribution in [0, 0.1) is 0 Å². The van der Waals surface area contributed by atoms with Gasteiger partial charge >= 0.3 is 17.9 Å². The van der Waals surface area contributed by atoms with E-state index in [1.165, 1.54) is 6.07 Å². The van der Waals surface area contributed by atoms with Gasteiger partial charge in [-0.05, 0) is 12.1 Å². The van der Waals surface area contributed by atoms with Gasteiger partial charge in [0.25, 0.3) is 0 Å². The molecule has 8 nitrogen and oxygen atoms in total. The summed E-state index contributed by atoms with van der Waals surface area (Å²) in [5.74, 6) is -4.57. The Kier molecular flexibility index (Phi) is 2.45. The Hall–Kier alpha value is -2.61. The summed E-state index contributed by atoms with van der Waals surface area (Å²) in [6, 6.07) is 2.30. The normalized spacial score (nSPS) is 24.8. The van der Waals surface area contributed by atoms with Crippen LogP contribution in [-0.2, 0) is 14.4 Å². The van der Waals surface area contributed by atoms with Crippen molar-refractivity contribution in [3.63, 3.8) is 0 Å². The Morgan fingerprint density at radius 3 is 2.30 bits per heavy atom. The third-order valence-electron chi connectivity index (χ3n) is 2.94. The monoisotopic (exact) mass is 280 g/mol. The summed E-state index contributed by atoms with van der Waals surface area (Å²) in [5.41, 5.74) is -2.35. The van der Waals surface area contributed by atoms with E-state index in [-0.39, 0.29) is 5.75 Å². The molecule has 0 saturated heterocycles. The molecule has 0 aliphatic carbocycles. The lowest BCUT2D eigenvalue weighted by Crippen LogP contribution is -2.48. The molecule has 104 valence electrons. The number of hydrogen-bond acceptors (Lipinski definition) is 8. The molecule has 1 atom stereocenters. The standard InChI is InChI=1S/C12H8O8/c13-5-1-2-6-10-9(5)19-8(15)4-12(17,11(16)20-10)3-7(14)18-6/h1-2,13,17H,3-4H2. The number of phenolic OH excluding ortho intramolecular Hbond substituents is 1. The fourth-order valence-electron chi connectivity index (χ4n) is 1.99. The number of hydrogen-bond donors (Lipinski definition) is 2. The molecule has 0 fully saturated rings. The molecule has 2 heterocycles. The number of carbonyl (C=O) groups is 3. The summed E-state index contributed by atoms with van der Waals surface area (Å²) in [6.45, 7) is 0.